The summed E-state index contributed by atoms with van der Waals surface area (Å²) < 4.78 is 0. The minimum Gasteiger partial charge on any atom is -0.412 e. The molecule has 0 aromatic heterocycles. The van der Waals surface area contributed by atoms with Crippen LogP contribution in [0.25, 0.3) is 0 Å². The number of hydrogen-bond acceptors (Lipinski definition) is 0. The molecule has 0 saturated carbocycles. The molecule has 2 radical (unpaired) electrons. The van der Waals surface area contributed by atoms with E-state index in [4.69, 9.17) is 0 Å². The van der Waals surface area contributed by atoms with Crippen LogP contribution in [0, 0.1) is 36.9 Å². The van der Waals surface area contributed by atoms with Gasteiger partial charge in [0.25, 0.3) is 0 Å². The molecule has 7 heteroatoms. The molecule has 0 spiro atoms. The first-order valence-corrected chi connectivity index (χ1v) is 0. The maximum absolute atomic E-state index is 0. The van der Waals surface area contributed by atoms with Gasteiger partial charge in [0.05, 0.1) is 0 Å². The van der Waals surface area contributed by atoms with E-state index in [1.807, 2.05) is 0 Å². The van der Waals surface area contributed by atoms with Crippen LogP contribution in [0.15, 0.2) is 0 Å². The van der Waals surface area contributed by atoms with E-state index in [1.165, 1.54) is 0 Å². The molecule has 56 valence electrons. The van der Waals surface area contributed by atoms with Gasteiger partial charge in [0.2, 0.25) is 0 Å². The molecule has 0 heterocycles. The quantitative estimate of drug-likeness (QED) is 0.386. The molecule has 0 saturated heterocycles. The number of rotatable bonds is 0. The molecular weight excluding hydrogens is 380 g/mol. The van der Waals surface area contributed by atoms with Crippen molar-refractivity contribution in [2.45, 2.75) is 0 Å². The smallest absolute Gasteiger partial charge is 0 e. The van der Waals surface area contributed by atoms with Gasteiger partial charge in [0, 0.05) is 81.0 Å². The SMILES string of the molecule is O.O.O.O.[Lu].[Nb].[Ti]. The summed E-state index contributed by atoms with van der Waals surface area (Å²) in [5.41, 5.74) is 0. The summed E-state index contributed by atoms with van der Waals surface area (Å²) in [6.45, 7) is 0. The summed E-state index contributed by atoms with van der Waals surface area (Å²) in [5.74, 6) is 0. The fourth-order valence-corrected chi connectivity index (χ4v) is 0. The Morgan fingerprint density at radius 2 is 0.571 bits per heavy atom. The second-order valence-electron chi connectivity index (χ2n) is 0. The molecule has 0 aliphatic rings. The maximum atomic E-state index is 0. The van der Waals surface area contributed by atoms with Crippen LogP contribution < -0.4 is 0 Å². The fourth-order valence-electron chi connectivity index (χ4n) is 0. The summed E-state index contributed by atoms with van der Waals surface area (Å²) in [6.07, 6.45) is 0. The van der Waals surface area contributed by atoms with E-state index >= 15 is 0 Å². The zero-order chi connectivity index (χ0) is 0. The summed E-state index contributed by atoms with van der Waals surface area (Å²) in [4.78, 5) is 0. The van der Waals surface area contributed by atoms with Crippen LogP contribution in [0.4, 0.5) is 0 Å². The monoisotopic (exact) mass is 388 g/mol. The topological polar surface area (TPSA) is 126 Å². The van der Waals surface area contributed by atoms with Gasteiger partial charge in [-0.15, -0.1) is 0 Å². The number of hydrogen-bond donors (Lipinski definition) is 0. The normalized spacial score (nSPS) is 0. The molecule has 0 aromatic carbocycles. The first-order chi connectivity index (χ1) is 0. The van der Waals surface area contributed by atoms with Crippen LogP contribution in [0.3, 0.4) is 0 Å². The Bertz CT molecular complexity index is 11.7. The molecule has 0 unspecified atom stereocenters. The molecule has 7 heavy (non-hydrogen) atoms. The van der Waals surface area contributed by atoms with Gasteiger partial charge in [-0.25, -0.2) is 0 Å². The van der Waals surface area contributed by atoms with Crippen molar-refractivity contribution >= 4 is 0 Å². The Labute approximate surface area is 101 Å². The van der Waals surface area contributed by atoms with E-state index < -0.39 is 0 Å². The molecule has 0 aliphatic heterocycles. The Morgan fingerprint density at radius 1 is 0.571 bits per heavy atom. The molecule has 0 rings (SSSR count). The zero-order valence-corrected chi connectivity index (χ0v) is 8.62. The van der Waals surface area contributed by atoms with Gasteiger partial charge < -0.3 is 21.9 Å². The van der Waals surface area contributed by atoms with Crippen LogP contribution in [0.1, 0.15) is 0 Å². The molecule has 0 fully saturated rings. The average Bonchev–Trinajstić information content (AvgIpc) is 0. The summed E-state index contributed by atoms with van der Waals surface area (Å²) >= 11 is 0. The van der Waals surface area contributed by atoms with Gasteiger partial charge in [-0.05, 0) is 0 Å². The third-order valence-corrected chi connectivity index (χ3v) is 0. The van der Waals surface area contributed by atoms with E-state index in [2.05, 4.69) is 0 Å². The van der Waals surface area contributed by atoms with Gasteiger partial charge in [-0.2, -0.15) is 0 Å². The van der Waals surface area contributed by atoms with E-state index in [0.717, 1.165) is 0 Å². The predicted octanol–water partition coefficient (Wildman–Crippen LogP) is -3.30. The van der Waals surface area contributed by atoms with Crippen LogP contribution in [-0.2, 0) is 44.1 Å². The molecular formula is H8LuNbO4Ti. The Kier molecular flexibility index (Phi) is 1170. The van der Waals surface area contributed by atoms with Gasteiger partial charge in [-0.3, -0.25) is 0 Å². The molecule has 8 N–H and O–H groups in total. The maximum Gasteiger partial charge on any atom is 0 e. The summed E-state index contributed by atoms with van der Waals surface area (Å²) in [5, 5.41) is 0. The van der Waals surface area contributed by atoms with Gasteiger partial charge >= 0.3 is 0 Å². The van der Waals surface area contributed by atoms with Crippen molar-refractivity contribution in [3.63, 3.8) is 0 Å². The standard InChI is InChI=1S/Lu.Nb.4H2O.Ti/h;;4*1H2;. The van der Waals surface area contributed by atoms with Crippen LogP contribution in [0.5, 0.6) is 0 Å². The first-order valence-electron chi connectivity index (χ1n) is 0. The largest absolute Gasteiger partial charge is 0.412 e. The third-order valence-electron chi connectivity index (χ3n) is 0. The zero-order valence-electron chi connectivity index (χ0n) is 3.21. The van der Waals surface area contributed by atoms with E-state index in [0.29, 0.717) is 0 Å². The minimum atomic E-state index is 0. The van der Waals surface area contributed by atoms with Crippen molar-refractivity contribution in [1.82, 2.24) is 0 Å². The second kappa shape index (κ2) is 75.6. The Balaban J connectivity index is 0. The molecule has 0 atom stereocenters. The van der Waals surface area contributed by atoms with E-state index in [1.54, 1.807) is 0 Å². The van der Waals surface area contributed by atoms with Gasteiger partial charge in [-0.1, -0.05) is 0 Å². The van der Waals surface area contributed by atoms with Crippen molar-refractivity contribution < 1.29 is 103 Å². The van der Waals surface area contributed by atoms with Gasteiger partial charge in [0.1, 0.15) is 0 Å². The van der Waals surface area contributed by atoms with E-state index in [9.17, 15) is 0 Å². The van der Waals surface area contributed by atoms with Crippen LogP contribution in [-0.4, -0.2) is 21.9 Å². The molecule has 0 amide bonds. The molecule has 0 aliphatic carbocycles. The Hall–Kier alpha value is 2.53. The van der Waals surface area contributed by atoms with Crippen molar-refractivity contribution in [3.8, 4) is 0 Å². The van der Waals surface area contributed by atoms with E-state index in [-0.39, 0.29) is 103 Å². The van der Waals surface area contributed by atoms with Crippen LogP contribution in [0.2, 0.25) is 0 Å². The first kappa shape index (κ1) is 108. The molecule has 0 bridgehead atoms. The van der Waals surface area contributed by atoms with Crippen molar-refractivity contribution in [3.05, 3.63) is 0 Å². The van der Waals surface area contributed by atoms with Crippen molar-refractivity contribution in [2.75, 3.05) is 0 Å². The van der Waals surface area contributed by atoms with Crippen LogP contribution >= 0.6 is 0 Å². The molecule has 4 nitrogen and oxygen atoms in total. The predicted molar refractivity (Wildman–Crippen MR) is 14.5 cm³/mol. The summed E-state index contributed by atoms with van der Waals surface area (Å²) in [6, 6.07) is 0. The minimum absolute atomic E-state index is 0. The third kappa shape index (κ3) is 56.9. The second-order valence-corrected chi connectivity index (χ2v) is 0. The van der Waals surface area contributed by atoms with Crippen molar-refractivity contribution in [1.29, 1.82) is 0 Å². The summed E-state index contributed by atoms with van der Waals surface area (Å²) in [7, 11) is 0. The van der Waals surface area contributed by atoms with Gasteiger partial charge in [0.15, 0.2) is 0 Å². The van der Waals surface area contributed by atoms with Crippen molar-refractivity contribution in [2.24, 2.45) is 0 Å². The molecule has 0 aromatic rings. The fraction of sp³-hybridized carbons (Fsp3) is 0. The average molecular weight is 388 g/mol. The Morgan fingerprint density at radius 3 is 0.571 bits per heavy atom.